The zero-order valence-electron chi connectivity index (χ0n) is 11.4. The maximum absolute atomic E-state index is 13.2. The summed E-state index contributed by atoms with van der Waals surface area (Å²) in [5.41, 5.74) is -1.42. The number of carbonyl (C=O) groups excluding carboxylic acids is 1. The van der Waals surface area contributed by atoms with Gasteiger partial charge in [-0.25, -0.2) is 4.39 Å². The van der Waals surface area contributed by atoms with Crippen molar-refractivity contribution < 1.29 is 22.4 Å². The van der Waals surface area contributed by atoms with Crippen LogP contribution in [-0.4, -0.2) is 5.91 Å². The first-order valence-corrected chi connectivity index (χ1v) is 6.63. The maximum Gasteiger partial charge on any atom is 0.419 e. The molecule has 0 saturated heterocycles. The van der Waals surface area contributed by atoms with Crippen molar-refractivity contribution >= 4 is 11.6 Å². The Morgan fingerprint density at radius 1 is 1.33 bits per heavy atom. The van der Waals surface area contributed by atoms with Crippen molar-refractivity contribution in [2.24, 2.45) is 11.8 Å². The third-order valence-corrected chi connectivity index (χ3v) is 3.59. The summed E-state index contributed by atoms with van der Waals surface area (Å²) in [6.07, 6.45) is 0.524. The van der Waals surface area contributed by atoms with Crippen LogP contribution in [0.25, 0.3) is 0 Å². The minimum atomic E-state index is -4.79. The summed E-state index contributed by atoms with van der Waals surface area (Å²) >= 11 is 0. The number of hydrogen-bond donors (Lipinski definition) is 1. The van der Waals surface area contributed by atoms with Gasteiger partial charge in [0.1, 0.15) is 5.82 Å². The maximum atomic E-state index is 13.2. The van der Waals surface area contributed by atoms with E-state index >= 15 is 0 Å². The van der Waals surface area contributed by atoms with Crippen molar-refractivity contribution in [2.75, 3.05) is 5.32 Å². The number of hydrogen-bond acceptors (Lipinski definition) is 1. The van der Waals surface area contributed by atoms with Gasteiger partial charge in [-0.2, -0.15) is 13.2 Å². The number of amides is 1. The topological polar surface area (TPSA) is 29.1 Å². The van der Waals surface area contributed by atoms with Crippen molar-refractivity contribution in [3.8, 4) is 0 Å². The number of alkyl halides is 3. The fourth-order valence-corrected chi connectivity index (χ4v) is 2.41. The molecule has 1 N–H and O–H groups in total. The van der Waals surface area contributed by atoms with Crippen LogP contribution in [0.4, 0.5) is 23.2 Å². The lowest BCUT2D eigenvalue weighted by Crippen LogP contribution is -2.28. The van der Waals surface area contributed by atoms with Crippen LogP contribution in [0.15, 0.2) is 30.4 Å². The van der Waals surface area contributed by atoms with Gasteiger partial charge in [-0.05, 0) is 37.0 Å². The van der Waals surface area contributed by atoms with Gasteiger partial charge >= 0.3 is 6.18 Å². The molecule has 21 heavy (non-hydrogen) atoms. The molecule has 1 aromatic carbocycles. The van der Waals surface area contributed by atoms with E-state index in [1.54, 1.807) is 0 Å². The van der Waals surface area contributed by atoms with Crippen molar-refractivity contribution in [2.45, 2.75) is 25.9 Å². The first-order chi connectivity index (χ1) is 9.79. The third-order valence-electron chi connectivity index (χ3n) is 3.59. The van der Waals surface area contributed by atoms with Gasteiger partial charge in [0.05, 0.1) is 5.56 Å². The van der Waals surface area contributed by atoms with E-state index in [9.17, 15) is 22.4 Å². The molecule has 0 aliphatic heterocycles. The van der Waals surface area contributed by atoms with Gasteiger partial charge in [0.15, 0.2) is 0 Å². The van der Waals surface area contributed by atoms with Crippen molar-refractivity contribution in [3.63, 3.8) is 0 Å². The highest BCUT2D eigenvalue weighted by Gasteiger charge is 2.34. The van der Waals surface area contributed by atoms with E-state index in [1.165, 1.54) is 0 Å². The first kappa shape index (κ1) is 15.5. The Kier molecular flexibility index (Phi) is 4.34. The molecule has 0 aromatic heterocycles. The second-order valence-corrected chi connectivity index (χ2v) is 5.15. The lowest BCUT2D eigenvalue weighted by molar-refractivity contribution is -0.140. The molecule has 0 radical (unpaired) electrons. The second kappa shape index (κ2) is 5.87. The average molecular weight is 301 g/mol. The normalized spacial score (nSPS) is 22.1. The zero-order chi connectivity index (χ0) is 15.6. The summed E-state index contributed by atoms with van der Waals surface area (Å²) in [6, 6.07) is 2.46. The number of benzene rings is 1. The smallest absolute Gasteiger partial charge is 0.326 e. The Morgan fingerprint density at radius 3 is 2.67 bits per heavy atom. The van der Waals surface area contributed by atoms with Crippen LogP contribution in [0.3, 0.4) is 0 Å². The molecule has 0 unspecified atom stereocenters. The predicted molar refractivity (Wildman–Crippen MR) is 71.1 cm³/mol. The standard InChI is InChI=1S/C15H15F4NO/c1-9-4-2-3-5-11(9)14(21)20-10-6-7-13(16)12(8-10)15(17,18)19/h2,4,6-9,11H,3,5H2,1H3,(H,20,21)/t9-,11+/m1/s1. The molecule has 0 bridgehead atoms. The Hall–Kier alpha value is -1.85. The Labute approximate surface area is 119 Å². The van der Waals surface area contributed by atoms with E-state index in [-0.39, 0.29) is 23.4 Å². The van der Waals surface area contributed by atoms with E-state index < -0.39 is 17.6 Å². The van der Waals surface area contributed by atoms with Gasteiger partial charge in [-0.3, -0.25) is 4.79 Å². The summed E-state index contributed by atoms with van der Waals surface area (Å²) < 4.78 is 51.0. The SMILES string of the molecule is C[C@@H]1C=CCC[C@@H]1C(=O)Nc1ccc(F)c(C(F)(F)F)c1. The highest BCUT2D eigenvalue weighted by atomic mass is 19.4. The quantitative estimate of drug-likeness (QED) is 0.637. The zero-order valence-corrected chi connectivity index (χ0v) is 11.4. The van der Waals surface area contributed by atoms with Crippen LogP contribution >= 0.6 is 0 Å². The van der Waals surface area contributed by atoms with E-state index in [1.807, 2.05) is 19.1 Å². The molecular formula is C15H15F4NO. The van der Waals surface area contributed by atoms with Crippen molar-refractivity contribution in [1.82, 2.24) is 0 Å². The fourth-order valence-electron chi connectivity index (χ4n) is 2.41. The number of carbonyl (C=O) groups is 1. The lowest BCUT2D eigenvalue weighted by Gasteiger charge is -2.23. The first-order valence-electron chi connectivity index (χ1n) is 6.63. The monoisotopic (exact) mass is 301 g/mol. The highest BCUT2D eigenvalue weighted by molar-refractivity contribution is 5.93. The van der Waals surface area contributed by atoms with Crippen LogP contribution < -0.4 is 5.32 Å². The summed E-state index contributed by atoms with van der Waals surface area (Å²) in [4.78, 5) is 12.1. The minimum absolute atomic E-state index is 0.0290. The summed E-state index contributed by atoms with van der Waals surface area (Å²) in [5, 5.41) is 2.44. The number of halogens is 4. The lowest BCUT2D eigenvalue weighted by atomic mass is 9.84. The van der Waals surface area contributed by atoms with E-state index in [4.69, 9.17) is 0 Å². The van der Waals surface area contributed by atoms with Gasteiger partial charge in [0.2, 0.25) is 5.91 Å². The molecule has 2 atom stereocenters. The Balaban J connectivity index is 2.16. The van der Waals surface area contributed by atoms with Crippen LogP contribution in [-0.2, 0) is 11.0 Å². The van der Waals surface area contributed by atoms with Crippen LogP contribution in [0.2, 0.25) is 0 Å². The van der Waals surface area contributed by atoms with E-state index in [0.29, 0.717) is 18.6 Å². The molecule has 6 heteroatoms. The number of rotatable bonds is 2. The molecule has 0 fully saturated rings. The summed E-state index contributed by atoms with van der Waals surface area (Å²) in [7, 11) is 0. The predicted octanol–water partition coefficient (Wildman–Crippen LogP) is 4.39. The van der Waals surface area contributed by atoms with Gasteiger partial charge < -0.3 is 5.32 Å². The van der Waals surface area contributed by atoms with Crippen LogP contribution in [0.1, 0.15) is 25.3 Å². The van der Waals surface area contributed by atoms with E-state index in [0.717, 1.165) is 12.5 Å². The Bertz CT molecular complexity index is 565. The molecule has 1 aromatic rings. The highest BCUT2D eigenvalue weighted by Crippen LogP contribution is 2.33. The van der Waals surface area contributed by atoms with Gasteiger partial charge in [-0.1, -0.05) is 19.1 Å². The van der Waals surface area contributed by atoms with Crippen molar-refractivity contribution in [3.05, 3.63) is 41.7 Å². The molecule has 2 nitrogen and oxygen atoms in total. The Morgan fingerprint density at radius 2 is 2.05 bits per heavy atom. The number of nitrogens with one attached hydrogen (secondary N) is 1. The van der Waals surface area contributed by atoms with E-state index in [2.05, 4.69) is 5.32 Å². The number of allylic oxidation sites excluding steroid dienone is 2. The molecule has 1 aliphatic carbocycles. The molecule has 2 rings (SSSR count). The van der Waals surface area contributed by atoms with Gasteiger partial charge in [-0.15, -0.1) is 0 Å². The molecular weight excluding hydrogens is 286 g/mol. The van der Waals surface area contributed by atoms with Gasteiger partial charge in [0.25, 0.3) is 0 Å². The summed E-state index contributed by atoms with van der Waals surface area (Å²) in [5.74, 6) is -1.95. The summed E-state index contributed by atoms with van der Waals surface area (Å²) in [6.45, 7) is 1.88. The third kappa shape index (κ3) is 3.62. The van der Waals surface area contributed by atoms with Crippen molar-refractivity contribution in [1.29, 1.82) is 0 Å². The number of anilines is 1. The molecule has 1 amide bonds. The molecule has 0 spiro atoms. The average Bonchev–Trinajstić information content (AvgIpc) is 2.40. The molecule has 0 saturated carbocycles. The largest absolute Gasteiger partial charge is 0.419 e. The molecule has 0 heterocycles. The van der Waals surface area contributed by atoms with Crippen LogP contribution in [0, 0.1) is 17.7 Å². The minimum Gasteiger partial charge on any atom is -0.326 e. The molecule has 1 aliphatic rings. The van der Waals surface area contributed by atoms with Gasteiger partial charge in [0, 0.05) is 11.6 Å². The fraction of sp³-hybridized carbons (Fsp3) is 0.400. The molecule has 114 valence electrons. The second-order valence-electron chi connectivity index (χ2n) is 5.15. The van der Waals surface area contributed by atoms with Crippen LogP contribution in [0.5, 0.6) is 0 Å².